The van der Waals surface area contributed by atoms with Gasteiger partial charge in [-0.05, 0) is 26.5 Å². The van der Waals surface area contributed by atoms with Gasteiger partial charge in [0, 0.05) is 0 Å². The molecule has 1 aromatic rings. The largest absolute Gasteiger partial charge is 0.467 e. The molecular formula is C12H17NO2. The van der Waals surface area contributed by atoms with E-state index in [1.54, 1.807) is 7.05 Å². The predicted molar refractivity (Wildman–Crippen MR) is 59.6 cm³/mol. The number of nitrogens with one attached hydrogen (secondary N) is 1. The first-order valence-electron chi connectivity index (χ1n) is 4.89. The van der Waals surface area contributed by atoms with Gasteiger partial charge in [0.15, 0.2) is 0 Å². The minimum absolute atomic E-state index is 0.283. The minimum atomic E-state index is -0.775. The zero-order valence-corrected chi connectivity index (χ0v) is 9.63. The first-order valence-corrected chi connectivity index (χ1v) is 4.89. The fourth-order valence-corrected chi connectivity index (χ4v) is 1.46. The van der Waals surface area contributed by atoms with E-state index in [0.717, 1.165) is 5.56 Å². The Hall–Kier alpha value is -1.35. The summed E-state index contributed by atoms with van der Waals surface area (Å²) in [6.45, 7) is 3.82. The summed E-state index contributed by atoms with van der Waals surface area (Å²) < 4.78 is 4.79. The van der Waals surface area contributed by atoms with E-state index in [0.29, 0.717) is 0 Å². The summed E-state index contributed by atoms with van der Waals surface area (Å²) in [5.41, 5.74) is 1.30. The van der Waals surface area contributed by atoms with E-state index in [1.165, 1.54) is 12.7 Å². The maximum absolute atomic E-state index is 11.7. The molecule has 0 heterocycles. The van der Waals surface area contributed by atoms with Crippen LogP contribution in [0.4, 0.5) is 0 Å². The van der Waals surface area contributed by atoms with Gasteiger partial charge in [-0.3, -0.25) is 0 Å². The SMILES string of the molecule is CNC(C)(C(=O)OC)c1ccc(C)cc1. The lowest BCUT2D eigenvalue weighted by atomic mass is 9.91. The van der Waals surface area contributed by atoms with E-state index in [-0.39, 0.29) is 5.97 Å². The second-order valence-corrected chi connectivity index (χ2v) is 3.73. The third kappa shape index (κ3) is 2.18. The molecule has 0 aliphatic heterocycles. The Kier molecular flexibility index (Phi) is 3.48. The Bertz CT molecular complexity index is 345. The number of ether oxygens (including phenoxy) is 1. The fourth-order valence-electron chi connectivity index (χ4n) is 1.46. The molecule has 1 unspecified atom stereocenters. The Morgan fingerprint density at radius 3 is 2.27 bits per heavy atom. The number of aryl methyl sites for hydroxylation is 1. The fraction of sp³-hybridized carbons (Fsp3) is 0.417. The normalized spacial score (nSPS) is 14.4. The molecule has 0 amide bonds. The maximum atomic E-state index is 11.7. The van der Waals surface area contributed by atoms with Crippen molar-refractivity contribution in [2.45, 2.75) is 19.4 Å². The molecule has 1 rings (SSSR count). The predicted octanol–water partition coefficient (Wildman–Crippen LogP) is 1.60. The van der Waals surface area contributed by atoms with E-state index in [4.69, 9.17) is 4.74 Å². The van der Waals surface area contributed by atoms with Crippen LogP contribution in [0.2, 0.25) is 0 Å². The number of hydrogen-bond donors (Lipinski definition) is 1. The lowest BCUT2D eigenvalue weighted by molar-refractivity contribution is -0.148. The monoisotopic (exact) mass is 207 g/mol. The van der Waals surface area contributed by atoms with Crippen molar-refractivity contribution in [1.82, 2.24) is 5.32 Å². The second kappa shape index (κ2) is 4.45. The number of likely N-dealkylation sites (N-methyl/N-ethyl adjacent to an activating group) is 1. The molecule has 0 saturated heterocycles. The van der Waals surface area contributed by atoms with Gasteiger partial charge >= 0.3 is 5.97 Å². The van der Waals surface area contributed by atoms with E-state index >= 15 is 0 Å². The van der Waals surface area contributed by atoms with Gasteiger partial charge in [-0.2, -0.15) is 0 Å². The molecule has 0 aliphatic carbocycles. The van der Waals surface area contributed by atoms with Gasteiger partial charge in [-0.25, -0.2) is 4.79 Å². The van der Waals surface area contributed by atoms with Crippen LogP contribution in [-0.4, -0.2) is 20.1 Å². The molecule has 1 aromatic carbocycles. The maximum Gasteiger partial charge on any atom is 0.330 e. The third-order valence-corrected chi connectivity index (χ3v) is 2.72. The van der Waals surface area contributed by atoms with E-state index in [1.807, 2.05) is 38.1 Å². The molecule has 0 radical (unpaired) electrons. The zero-order valence-electron chi connectivity index (χ0n) is 9.63. The van der Waals surface area contributed by atoms with Gasteiger partial charge in [0.05, 0.1) is 7.11 Å². The lowest BCUT2D eigenvalue weighted by Gasteiger charge is -2.26. The number of carbonyl (C=O) groups is 1. The molecule has 0 saturated carbocycles. The van der Waals surface area contributed by atoms with Crippen molar-refractivity contribution >= 4 is 5.97 Å². The van der Waals surface area contributed by atoms with Crippen LogP contribution in [-0.2, 0) is 15.1 Å². The van der Waals surface area contributed by atoms with Gasteiger partial charge < -0.3 is 10.1 Å². The quantitative estimate of drug-likeness (QED) is 0.765. The van der Waals surface area contributed by atoms with Crippen LogP contribution in [0, 0.1) is 6.92 Å². The zero-order chi connectivity index (χ0) is 11.5. The molecule has 0 bridgehead atoms. The number of hydrogen-bond acceptors (Lipinski definition) is 3. The number of rotatable bonds is 3. The first-order chi connectivity index (χ1) is 7.04. The summed E-state index contributed by atoms with van der Waals surface area (Å²) >= 11 is 0. The van der Waals surface area contributed by atoms with Crippen LogP contribution in [0.5, 0.6) is 0 Å². The van der Waals surface area contributed by atoms with Crippen molar-refractivity contribution in [3.8, 4) is 0 Å². The van der Waals surface area contributed by atoms with Crippen LogP contribution in [0.25, 0.3) is 0 Å². The van der Waals surface area contributed by atoms with E-state index < -0.39 is 5.54 Å². The van der Waals surface area contributed by atoms with Crippen LogP contribution in [0.3, 0.4) is 0 Å². The Labute approximate surface area is 90.4 Å². The van der Waals surface area contributed by atoms with Gasteiger partial charge in [0.2, 0.25) is 0 Å². The second-order valence-electron chi connectivity index (χ2n) is 3.73. The summed E-state index contributed by atoms with van der Waals surface area (Å²) in [5.74, 6) is -0.283. The molecule has 82 valence electrons. The highest BCUT2D eigenvalue weighted by Gasteiger charge is 2.34. The molecule has 15 heavy (non-hydrogen) atoms. The molecule has 0 fully saturated rings. The summed E-state index contributed by atoms with van der Waals surface area (Å²) in [6, 6.07) is 7.83. The van der Waals surface area contributed by atoms with Crippen molar-refractivity contribution in [3.05, 3.63) is 35.4 Å². The molecule has 0 aromatic heterocycles. The number of benzene rings is 1. The standard InChI is InChI=1S/C12H17NO2/c1-9-5-7-10(8-6-9)12(2,13-3)11(14)15-4/h5-8,13H,1-4H3. The van der Waals surface area contributed by atoms with Gasteiger partial charge in [-0.1, -0.05) is 29.8 Å². The van der Waals surface area contributed by atoms with E-state index in [9.17, 15) is 4.79 Å². The van der Waals surface area contributed by atoms with Gasteiger partial charge in [0.1, 0.15) is 5.54 Å². The number of esters is 1. The highest BCUT2D eigenvalue weighted by molar-refractivity contribution is 5.82. The molecule has 0 aliphatic rings. The minimum Gasteiger partial charge on any atom is -0.467 e. The van der Waals surface area contributed by atoms with Crippen molar-refractivity contribution < 1.29 is 9.53 Å². The van der Waals surface area contributed by atoms with Crippen molar-refractivity contribution in [1.29, 1.82) is 0 Å². The lowest BCUT2D eigenvalue weighted by Crippen LogP contribution is -2.45. The summed E-state index contributed by atoms with van der Waals surface area (Å²) in [6.07, 6.45) is 0. The molecule has 3 heteroatoms. The average molecular weight is 207 g/mol. The first kappa shape index (κ1) is 11.7. The van der Waals surface area contributed by atoms with Crippen molar-refractivity contribution in [3.63, 3.8) is 0 Å². The highest BCUT2D eigenvalue weighted by Crippen LogP contribution is 2.22. The van der Waals surface area contributed by atoms with Crippen molar-refractivity contribution in [2.75, 3.05) is 14.2 Å². The Morgan fingerprint density at radius 2 is 1.87 bits per heavy atom. The van der Waals surface area contributed by atoms with Crippen molar-refractivity contribution in [2.24, 2.45) is 0 Å². The van der Waals surface area contributed by atoms with Crippen LogP contribution in [0.15, 0.2) is 24.3 Å². The Morgan fingerprint density at radius 1 is 1.33 bits per heavy atom. The number of carbonyl (C=O) groups excluding carboxylic acids is 1. The van der Waals surface area contributed by atoms with E-state index in [2.05, 4.69) is 5.32 Å². The smallest absolute Gasteiger partial charge is 0.330 e. The molecule has 1 N–H and O–H groups in total. The summed E-state index contributed by atoms with van der Waals surface area (Å²) in [5, 5.41) is 2.99. The topological polar surface area (TPSA) is 38.3 Å². The highest BCUT2D eigenvalue weighted by atomic mass is 16.5. The van der Waals surface area contributed by atoms with Gasteiger partial charge in [0.25, 0.3) is 0 Å². The average Bonchev–Trinajstić information content (AvgIpc) is 2.27. The summed E-state index contributed by atoms with van der Waals surface area (Å²) in [7, 11) is 3.14. The summed E-state index contributed by atoms with van der Waals surface area (Å²) in [4.78, 5) is 11.7. The molecule has 1 atom stereocenters. The molecule has 3 nitrogen and oxygen atoms in total. The van der Waals surface area contributed by atoms with Crippen LogP contribution < -0.4 is 5.32 Å². The van der Waals surface area contributed by atoms with Crippen LogP contribution >= 0.6 is 0 Å². The third-order valence-electron chi connectivity index (χ3n) is 2.72. The molecular weight excluding hydrogens is 190 g/mol. The van der Waals surface area contributed by atoms with Crippen LogP contribution in [0.1, 0.15) is 18.1 Å². The Balaban J connectivity index is 3.11. The number of methoxy groups -OCH3 is 1. The molecule has 0 spiro atoms. The van der Waals surface area contributed by atoms with Gasteiger partial charge in [-0.15, -0.1) is 0 Å².